The van der Waals surface area contributed by atoms with Crippen LogP contribution < -0.4 is 5.73 Å². The number of carboxylic acids is 2. The summed E-state index contributed by atoms with van der Waals surface area (Å²) in [6.07, 6.45) is 0.849. The van der Waals surface area contributed by atoms with Gasteiger partial charge in [0.1, 0.15) is 0 Å². The van der Waals surface area contributed by atoms with E-state index in [1.165, 1.54) is 0 Å². The maximum Gasteiger partial charge on any atom is 0.308 e. The third-order valence-electron chi connectivity index (χ3n) is 2.31. The first-order chi connectivity index (χ1) is 5.54. The van der Waals surface area contributed by atoms with Crippen molar-refractivity contribution in [1.82, 2.24) is 0 Å². The van der Waals surface area contributed by atoms with E-state index in [1.807, 2.05) is 0 Å². The van der Waals surface area contributed by atoms with Crippen LogP contribution in [0.3, 0.4) is 0 Å². The van der Waals surface area contributed by atoms with Crippen LogP contribution in [-0.4, -0.2) is 28.2 Å². The van der Waals surface area contributed by atoms with Crippen LogP contribution in [0, 0.1) is 11.8 Å². The van der Waals surface area contributed by atoms with Crippen molar-refractivity contribution in [3.05, 3.63) is 0 Å². The number of carbonyl (C=O) groups is 2. The van der Waals surface area contributed by atoms with Gasteiger partial charge in [-0.25, -0.2) is 0 Å². The summed E-state index contributed by atoms with van der Waals surface area (Å²) < 4.78 is 0. The molecule has 5 nitrogen and oxygen atoms in total. The molecular weight excluding hydrogens is 162 g/mol. The van der Waals surface area contributed by atoms with Gasteiger partial charge in [0, 0.05) is 6.04 Å². The molecule has 0 heterocycles. The van der Waals surface area contributed by atoms with Crippen molar-refractivity contribution in [1.29, 1.82) is 0 Å². The molecule has 1 saturated carbocycles. The first-order valence-electron chi connectivity index (χ1n) is 3.75. The summed E-state index contributed by atoms with van der Waals surface area (Å²) in [6, 6.07) is -0.511. The fraction of sp³-hybridized carbons (Fsp3) is 0.714. The Bertz CT molecular complexity index is 215. The van der Waals surface area contributed by atoms with E-state index in [0.717, 1.165) is 0 Å². The summed E-state index contributed by atoms with van der Waals surface area (Å²) in [6.45, 7) is 0. The molecule has 1 fully saturated rings. The highest BCUT2D eigenvalue weighted by Crippen LogP contribution is 2.31. The summed E-state index contributed by atoms with van der Waals surface area (Å²) in [5.41, 5.74) is 5.46. The van der Waals surface area contributed by atoms with E-state index in [4.69, 9.17) is 15.9 Å². The summed E-state index contributed by atoms with van der Waals surface area (Å²) >= 11 is 0. The van der Waals surface area contributed by atoms with E-state index in [9.17, 15) is 9.59 Å². The molecule has 5 heteroatoms. The van der Waals surface area contributed by atoms with Gasteiger partial charge in [-0.05, 0) is 12.8 Å². The van der Waals surface area contributed by atoms with Crippen LogP contribution in [0.5, 0.6) is 0 Å². The highest BCUT2D eigenvalue weighted by atomic mass is 16.4. The normalized spacial score (nSPS) is 34.9. The van der Waals surface area contributed by atoms with Crippen LogP contribution in [0.15, 0.2) is 0 Å². The van der Waals surface area contributed by atoms with E-state index in [2.05, 4.69) is 0 Å². The molecule has 1 rings (SSSR count). The topological polar surface area (TPSA) is 101 Å². The second-order valence-electron chi connectivity index (χ2n) is 3.05. The van der Waals surface area contributed by atoms with E-state index in [-0.39, 0.29) is 0 Å². The molecule has 0 saturated heterocycles. The first kappa shape index (κ1) is 8.99. The van der Waals surface area contributed by atoms with Crippen LogP contribution in [0.1, 0.15) is 12.8 Å². The molecule has 0 amide bonds. The fourth-order valence-electron chi connectivity index (χ4n) is 1.66. The highest BCUT2D eigenvalue weighted by molar-refractivity contribution is 5.81. The second-order valence-corrected chi connectivity index (χ2v) is 3.05. The van der Waals surface area contributed by atoms with Gasteiger partial charge in [-0.1, -0.05) is 0 Å². The predicted octanol–water partition coefficient (Wildman–Crippen LogP) is -0.491. The molecule has 0 bridgehead atoms. The Labute approximate surface area is 69.2 Å². The lowest BCUT2D eigenvalue weighted by atomic mass is 9.94. The lowest BCUT2D eigenvalue weighted by Gasteiger charge is -2.13. The molecule has 0 radical (unpaired) electrons. The van der Waals surface area contributed by atoms with E-state index >= 15 is 0 Å². The molecule has 1 aliphatic rings. The number of aliphatic carboxylic acids is 2. The monoisotopic (exact) mass is 173 g/mol. The summed E-state index contributed by atoms with van der Waals surface area (Å²) in [5, 5.41) is 17.3. The van der Waals surface area contributed by atoms with E-state index < -0.39 is 29.8 Å². The van der Waals surface area contributed by atoms with Crippen molar-refractivity contribution in [3.8, 4) is 0 Å². The number of hydrogen-bond donors (Lipinski definition) is 3. The third kappa shape index (κ3) is 1.40. The number of hydrogen-bond acceptors (Lipinski definition) is 3. The molecule has 3 unspecified atom stereocenters. The molecule has 0 aliphatic heterocycles. The highest BCUT2D eigenvalue weighted by Gasteiger charge is 2.43. The number of carboxylic acid groups (broad SMARTS) is 2. The van der Waals surface area contributed by atoms with Gasteiger partial charge in [0.2, 0.25) is 0 Å². The molecular formula is C7H11NO4. The first-order valence-corrected chi connectivity index (χ1v) is 3.75. The Kier molecular flexibility index (Phi) is 2.32. The summed E-state index contributed by atoms with van der Waals surface area (Å²) in [4.78, 5) is 21.1. The maximum atomic E-state index is 10.6. The van der Waals surface area contributed by atoms with Gasteiger partial charge in [-0.2, -0.15) is 0 Å². The van der Waals surface area contributed by atoms with Gasteiger partial charge in [-0.15, -0.1) is 0 Å². The minimum atomic E-state index is -1.10. The van der Waals surface area contributed by atoms with E-state index in [0.29, 0.717) is 12.8 Å². The largest absolute Gasteiger partial charge is 0.481 e. The van der Waals surface area contributed by atoms with Gasteiger partial charge < -0.3 is 15.9 Å². The Morgan fingerprint density at radius 2 is 1.75 bits per heavy atom. The molecule has 4 N–H and O–H groups in total. The van der Waals surface area contributed by atoms with Gasteiger partial charge in [0.25, 0.3) is 0 Å². The van der Waals surface area contributed by atoms with Gasteiger partial charge in [-0.3, -0.25) is 9.59 Å². The second kappa shape index (κ2) is 3.10. The summed E-state index contributed by atoms with van der Waals surface area (Å²) in [5.74, 6) is -3.89. The minimum absolute atomic E-state index is 0.369. The number of nitrogens with two attached hydrogens (primary N) is 1. The van der Waals surface area contributed by atoms with Gasteiger partial charge in [0.05, 0.1) is 11.8 Å². The molecule has 0 aromatic heterocycles. The lowest BCUT2D eigenvalue weighted by molar-refractivity contribution is -0.152. The smallest absolute Gasteiger partial charge is 0.308 e. The lowest BCUT2D eigenvalue weighted by Crippen LogP contribution is -2.36. The van der Waals surface area contributed by atoms with Crippen molar-refractivity contribution in [2.75, 3.05) is 0 Å². The SMILES string of the molecule is NC1CCC(C(=O)O)C1C(=O)O. The zero-order chi connectivity index (χ0) is 9.30. The number of rotatable bonds is 2. The Morgan fingerprint density at radius 3 is 2.08 bits per heavy atom. The Morgan fingerprint density at radius 1 is 1.17 bits per heavy atom. The quantitative estimate of drug-likeness (QED) is 0.523. The molecule has 68 valence electrons. The molecule has 3 atom stereocenters. The van der Waals surface area contributed by atoms with Gasteiger partial charge in [0.15, 0.2) is 0 Å². The van der Waals surface area contributed by atoms with Crippen LogP contribution in [-0.2, 0) is 9.59 Å². The summed E-state index contributed by atoms with van der Waals surface area (Å²) in [7, 11) is 0. The third-order valence-corrected chi connectivity index (χ3v) is 2.31. The average Bonchev–Trinajstić information content (AvgIpc) is 2.30. The van der Waals surface area contributed by atoms with Crippen molar-refractivity contribution in [2.24, 2.45) is 17.6 Å². The van der Waals surface area contributed by atoms with Crippen LogP contribution in [0.25, 0.3) is 0 Å². The van der Waals surface area contributed by atoms with Gasteiger partial charge >= 0.3 is 11.9 Å². The molecule has 12 heavy (non-hydrogen) atoms. The Hall–Kier alpha value is -1.10. The van der Waals surface area contributed by atoms with Crippen molar-refractivity contribution >= 4 is 11.9 Å². The van der Waals surface area contributed by atoms with Crippen molar-refractivity contribution in [2.45, 2.75) is 18.9 Å². The van der Waals surface area contributed by atoms with Crippen LogP contribution in [0.4, 0.5) is 0 Å². The van der Waals surface area contributed by atoms with Crippen LogP contribution >= 0.6 is 0 Å². The molecule has 1 aliphatic carbocycles. The van der Waals surface area contributed by atoms with E-state index in [1.54, 1.807) is 0 Å². The maximum absolute atomic E-state index is 10.6. The fourth-order valence-corrected chi connectivity index (χ4v) is 1.66. The molecule has 0 spiro atoms. The molecule has 0 aromatic carbocycles. The molecule has 0 aromatic rings. The minimum Gasteiger partial charge on any atom is -0.481 e. The van der Waals surface area contributed by atoms with Crippen LogP contribution in [0.2, 0.25) is 0 Å². The average molecular weight is 173 g/mol. The van der Waals surface area contributed by atoms with Crippen molar-refractivity contribution < 1.29 is 19.8 Å². The predicted molar refractivity (Wildman–Crippen MR) is 39.5 cm³/mol. The zero-order valence-electron chi connectivity index (χ0n) is 6.43. The Balaban J connectivity index is 2.77. The zero-order valence-corrected chi connectivity index (χ0v) is 6.43. The standard InChI is InChI=1S/C7H11NO4/c8-4-2-1-3(6(9)10)5(4)7(11)12/h3-5H,1-2,8H2,(H,9,10)(H,11,12). The van der Waals surface area contributed by atoms with Crippen molar-refractivity contribution in [3.63, 3.8) is 0 Å².